The molecule has 13 heavy (non-hydrogen) atoms. The van der Waals surface area contributed by atoms with Crippen LogP contribution in [0.3, 0.4) is 0 Å². The summed E-state index contributed by atoms with van der Waals surface area (Å²) in [5.41, 5.74) is 0. The van der Waals surface area contributed by atoms with Crippen molar-refractivity contribution in [3.63, 3.8) is 0 Å². The lowest BCUT2D eigenvalue weighted by molar-refractivity contribution is 0.125. The molecule has 0 spiro atoms. The fourth-order valence-corrected chi connectivity index (χ4v) is 1.69. The summed E-state index contributed by atoms with van der Waals surface area (Å²) < 4.78 is 6.23. The summed E-state index contributed by atoms with van der Waals surface area (Å²) >= 11 is 7.84. The Morgan fingerprint density at radius 2 is 2.38 bits per heavy atom. The molecule has 0 aliphatic heterocycles. The Hall–Kier alpha value is -0.0700. The lowest BCUT2D eigenvalue weighted by atomic mass is 10.4. The van der Waals surface area contributed by atoms with Gasteiger partial charge in [0.1, 0.15) is 11.3 Å². The van der Waals surface area contributed by atoms with Crippen LogP contribution in [-0.2, 0) is 0 Å². The Labute approximate surface area is 95.2 Å². The van der Waals surface area contributed by atoms with Gasteiger partial charge in [-0.05, 0) is 35.6 Å². The molecular weight excluding hydrogens is 304 g/mol. The highest BCUT2D eigenvalue weighted by Crippen LogP contribution is 2.18. The van der Waals surface area contributed by atoms with Gasteiger partial charge in [-0.1, -0.05) is 11.6 Å². The summed E-state index contributed by atoms with van der Waals surface area (Å²) in [5.74, 6) is 0.443. The zero-order valence-electron chi connectivity index (χ0n) is 7.00. The largest absolute Gasteiger partial charge is 0.472 e. The number of hydrogen-bond acceptors (Lipinski definition) is 3. The molecule has 1 aromatic heterocycles. The minimum Gasteiger partial charge on any atom is -0.472 e. The van der Waals surface area contributed by atoms with E-state index in [1.54, 1.807) is 19.1 Å². The van der Waals surface area contributed by atoms with E-state index in [0.29, 0.717) is 11.0 Å². The first-order valence-electron chi connectivity index (χ1n) is 3.72. The van der Waals surface area contributed by atoms with Crippen LogP contribution in [0.25, 0.3) is 0 Å². The molecule has 0 aromatic carbocycles. The number of ether oxygens (including phenoxy) is 1. The molecular formula is C8H9ClINO2. The number of nitrogens with zero attached hydrogens (tertiary/aromatic N) is 1. The van der Waals surface area contributed by atoms with Crippen LogP contribution in [0.5, 0.6) is 5.88 Å². The van der Waals surface area contributed by atoms with Crippen molar-refractivity contribution in [3.8, 4) is 5.88 Å². The van der Waals surface area contributed by atoms with Crippen LogP contribution in [0.4, 0.5) is 0 Å². The van der Waals surface area contributed by atoms with E-state index in [9.17, 15) is 0 Å². The number of halogens is 2. The Morgan fingerprint density at radius 3 is 2.92 bits per heavy atom. The summed E-state index contributed by atoms with van der Waals surface area (Å²) in [7, 11) is 0. The molecule has 5 heteroatoms. The Bertz CT molecular complexity index is 275. The number of aromatic nitrogens is 1. The predicted octanol–water partition coefficient (Wildman–Crippen LogP) is 2.10. The molecule has 1 heterocycles. The second-order valence-corrected chi connectivity index (χ2v) is 4.19. The highest BCUT2D eigenvalue weighted by atomic mass is 127. The van der Waals surface area contributed by atoms with Crippen molar-refractivity contribution >= 4 is 34.2 Å². The van der Waals surface area contributed by atoms with Crippen LogP contribution in [0, 0.1) is 3.57 Å². The third-order valence-electron chi connectivity index (χ3n) is 1.31. The minimum absolute atomic E-state index is 0.0369. The molecule has 1 N–H and O–H groups in total. The summed E-state index contributed by atoms with van der Waals surface area (Å²) in [6.07, 6.45) is -0.262. The van der Waals surface area contributed by atoms with Crippen molar-refractivity contribution in [1.29, 1.82) is 0 Å². The van der Waals surface area contributed by atoms with E-state index in [1.165, 1.54) is 0 Å². The summed E-state index contributed by atoms with van der Waals surface area (Å²) in [5, 5.41) is 9.14. The van der Waals surface area contributed by atoms with Crippen molar-refractivity contribution in [1.82, 2.24) is 4.98 Å². The van der Waals surface area contributed by atoms with Crippen LogP contribution in [0.1, 0.15) is 6.92 Å². The molecule has 0 bridgehead atoms. The molecule has 0 fully saturated rings. The molecule has 0 saturated heterocycles. The van der Waals surface area contributed by atoms with Gasteiger partial charge in [-0.2, -0.15) is 0 Å². The van der Waals surface area contributed by atoms with Gasteiger partial charge in [0, 0.05) is 9.64 Å². The molecule has 0 saturated carbocycles. The number of rotatable bonds is 3. The minimum atomic E-state index is -0.262. The van der Waals surface area contributed by atoms with Crippen molar-refractivity contribution in [2.45, 2.75) is 13.0 Å². The summed E-state index contributed by atoms with van der Waals surface area (Å²) in [6.45, 7) is 1.72. The zero-order valence-corrected chi connectivity index (χ0v) is 9.91. The second kappa shape index (κ2) is 4.97. The van der Waals surface area contributed by atoms with Gasteiger partial charge in [0.2, 0.25) is 5.88 Å². The molecule has 0 aliphatic rings. The van der Waals surface area contributed by atoms with Gasteiger partial charge in [-0.25, -0.2) is 4.98 Å². The van der Waals surface area contributed by atoms with Gasteiger partial charge in [-0.15, -0.1) is 0 Å². The molecule has 3 nitrogen and oxygen atoms in total. The topological polar surface area (TPSA) is 42.4 Å². The second-order valence-electron chi connectivity index (χ2n) is 2.56. The third-order valence-corrected chi connectivity index (χ3v) is 2.13. The van der Waals surface area contributed by atoms with Gasteiger partial charge < -0.3 is 9.84 Å². The fourth-order valence-electron chi connectivity index (χ4n) is 0.747. The van der Waals surface area contributed by atoms with Gasteiger partial charge in [-0.3, -0.25) is 0 Å². The maximum absolute atomic E-state index is 8.75. The third kappa shape index (κ3) is 3.66. The Balaban J connectivity index is 2.77. The van der Waals surface area contributed by atoms with E-state index in [1.807, 2.05) is 0 Å². The van der Waals surface area contributed by atoms with Gasteiger partial charge in [0.05, 0.1) is 6.61 Å². The number of aliphatic hydroxyl groups excluding tert-OH is 1. The average molecular weight is 314 g/mol. The number of pyridine rings is 1. The Morgan fingerprint density at radius 1 is 1.69 bits per heavy atom. The maximum atomic E-state index is 8.75. The van der Waals surface area contributed by atoms with Crippen molar-refractivity contribution in [2.75, 3.05) is 6.61 Å². The first kappa shape index (κ1) is 11.0. The normalized spacial score (nSPS) is 12.6. The van der Waals surface area contributed by atoms with Gasteiger partial charge >= 0.3 is 0 Å². The number of aliphatic hydroxyl groups is 1. The zero-order chi connectivity index (χ0) is 9.84. The summed E-state index contributed by atoms with van der Waals surface area (Å²) in [4.78, 5) is 3.95. The van der Waals surface area contributed by atoms with Gasteiger partial charge in [0.15, 0.2) is 0 Å². The molecule has 0 radical (unpaired) electrons. The van der Waals surface area contributed by atoms with Crippen LogP contribution >= 0.6 is 34.2 Å². The predicted molar refractivity (Wildman–Crippen MR) is 59.1 cm³/mol. The van der Waals surface area contributed by atoms with Crippen LogP contribution < -0.4 is 4.74 Å². The first-order chi connectivity index (χ1) is 6.11. The van der Waals surface area contributed by atoms with Crippen LogP contribution in [0.2, 0.25) is 5.15 Å². The van der Waals surface area contributed by atoms with E-state index in [4.69, 9.17) is 21.4 Å². The highest BCUT2D eigenvalue weighted by molar-refractivity contribution is 14.1. The maximum Gasteiger partial charge on any atom is 0.216 e. The average Bonchev–Trinajstić information content (AvgIpc) is 2.02. The lowest BCUT2D eigenvalue weighted by Gasteiger charge is -2.10. The molecule has 0 aliphatic carbocycles. The molecule has 1 aromatic rings. The fraction of sp³-hybridized carbons (Fsp3) is 0.375. The summed E-state index contributed by atoms with van der Waals surface area (Å²) in [6, 6.07) is 3.50. The number of hydrogen-bond donors (Lipinski definition) is 1. The molecule has 72 valence electrons. The van der Waals surface area contributed by atoms with E-state index in [0.717, 1.165) is 3.57 Å². The van der Waals surface area contributed by atoms with Crippen LogP contribution in [-0.4, -0.2) is 22.8 Å². The highest BCUT2D eigenvalue weighted by Gasteiger charge is 2.04. The standard InChI is InChI=1S/C8H9ClINO2/c1-5(4-12)13-8-3-6(10)2-7(9)11-8/h2-3,5,12H,4H2,1H3/t5-/m1/s1. The Kier molecular flexibility index (Phi) is 4.21. The smallest absolute Gasteiger partial charge is 0.216 e. The van der Waals surface area contributed by atoms with E-state index in [2.05, 4.69) is 27.6 Å². The molecule has 1 rings (SSSR count). The molecule has 0 amide bonds. The monoisotopic (exact) mass is 313 g/mol. The van der Waals surface area contributed by atoms with E-state index < -0.39 is 0 Å². The SMILES string of the molecule is C[C@H](CO)Oc1cc(I)cc(Cl)n1. The van der Waals surface area contributed by atoms with E-state index in [-0.39, 0.29) is 12.7 Å². The van der Waals surface area contributed by atoms with Gasteiger partial charge in [0.25, 0.3) is 0 Å². The quantitative estimate of drug-likeness (QED) is 0.686. The van der Waals surface area contributed by atoms with Crippen LogP contribution in [0.15, 0.2) is 12.1 Å². The molecule has 1 atom stereocenters. The lowest BCUT2D eigenvalue weighted by Crippen LogP contribution is -2.16. The van der Waals surface area contributed by atoms with E-state index >= 15 is 0 Å². The van der Waals surface area contributed by atoms with Crippen molar-refractivity contribution < 1.29 is 9.84 Å². The van der Waals surface area contributed by atoms with Crippen molar-refractivity contribution in [2.24, 2.45) is 0 Å². The van der Waals surface area contributed by atoms with Crippen molar-refractivity contribution in [3.05, 3.63) is 20.9 Å². The first-order valence-corrected chi connectivity index (χ1v) is 5.18. The molecule has 0 unspecified atom stereocenters.